The van der Waals surface area contributed by atoms with Gasteiger partial charge in [-0.1, -0.05) is 12.2 Å². The van der Waals surface area contributed by atoms with Gasteiger partial charge in [0.2, 0.25) is 5.95 Å². The Balaban J connectivity index is 1.58. The van der Waals surface area contributed by atoms with Crippen LogP contribution in [0.15, 0.2) is 12.2 Å². The van der Waals surface area contributed by atoms with E-state index in [9.17, 15) is 0 Å². The molecule has 1 aromatic rings. The Morgan fingerprint density at radius 3 is 2.72 bits per heavy atom. The number of hydrogen-bond donors (Lipinski definition) is 2. The first-order valence-corrected chi connectivity index (χ1v) is 10.0. The molecule has 1 aromatic heterocycles. The normalized spacial score (nSPS) is 36.2. The Kier molecular flexibility index (Phi) is 3.73. The minimum absolute atomic E-state index is 0.465. The predicted molar refractivity (Wildman–Crippen MR) is 101 cm³/mol. The molecule has 2 heterocycles. The molecule has 0 spiro atoms. The van der Waals surface area contributed by atoms with Crippen LogP contribution < -0.4 is 16.0 Å². The van der Waals surface area contributed by atoms with Crippen molar-refractivity contribution in [1.29, 1.82) is 0 Å². The van der Waals surface area contributed by atoms with E-state index in [0.717, 1.165) is 37.2 Å². The van der Waals surface area contributed by atoms with Gasteiger partial charge in [-0.05, 0) is 63.3 Å². The third-order valence-corrected chi connectivity index (χ3v) is 7.12. The van der Waals surface area contributed by atoms with Gasteiger partial charge in [0.25, 0.3) is 0 Å². The van der Waals surface area contributed by atoms with Crippen LogP contribution >= 0.6 is 0 Å². The summed E-state index contributed by atoms with van der Waals surface area (Å²) in [5.74, 6) is 4.32. The largest absolute Gasteiger partial charge is 0.368 e. The van der Waals surface area contributed by atoms with E-state index in [-0.39, 0.29) is 0 Å². The van der Waals surface area contributed by atoms with Crippen molar-refractivity contribution in [2.75, 3.05) is 30.8 Å². The zero-order valence-corrected chi connectivity index (χ0v) is 15.1. The monoisotopic (exact) mass is 339 g/mol. The molecule has 134 valence electrons. The Labute approximate surface area is 150 Å². The highest BCUT2D eigenvalue weighted by Crippen LogP contribution is 2.54. The highest BCUT2D eigenvalue weighted by atomic mass is 15.3. The van der Waals surface area contributed by atoms with E-state index in [2.05, 4.69) is 29.4 Å². The Bertz CT molecular complexity index is 700. The fourth-order valence-electron chi connectivity index (χ4n) is 5.89. The van der Waals surface area contributed by atoms with E-state index in [1.54, 1.807) is 0 Å². The van der Waals surface area contributed by atoms with Gasteiger partial charge < -0.3 is 16.0 Å². The molecule has 4 unspecified atom stereocenters. The topological polar surface area (TPSA) is 67.1 Å². The molecule has 0 aromatic carbocycles. The lowest BCUT2D eigenvalue weighted by Crippen LogP contribution is -2.36. The zero-order chi connectivity index (χ0) is 17.0. The molecule has 2 bridgehead atoms. The fraction of sp³-hybridized carbons (Fsp3) is 0.700. The molecule has 25 heavy (non-hydrogen) atoms. The number of allylic oxidation sites excluding steroid dienone is 2. The van der Waals surface area contributed by atoms with Crippen molar-refractivity contribution < 1.29 is 0 Å². The smallest absolute Gasteiger partial charge is 0.222 e. The molecule has 5 nitrogen and oxygen atoms in total. The first-order chi connectivity index (χ1) is 12.2. The number of nitrogen functional groups attached to an aromatic ring is 1. The van der Waals surface area contributed by atoms with Crippen LogP contribution in [0, 0.1) is 17.8 Å². The van der Waals surface area contributed by atoms with Crippen molar-refractivity contribution in [2.45, 2.75) is 50.5 Å². The number of nitrogens with zero attached hydrogens (tertiary/aromatic N) is 3. The maximum Gasteiger partial charge on any atom is 0.222 e. The van der Waals surface area contributed by atoms with Gasteiger partial charge in [-0.15, -0.1) is 0 Å². The minimum atomic E-state index is 0.465. The third kappa shape index (κ3) is 2.47. The van der Waals surface area contributed by atoms with Gasteiger partial charge in [0.15, 0.2) is 0 Å². The second-order valence-electron chi connectivity index (χ2n) is 8.36. The highest BCUT2D eigenvalue weighted by molar-refractivity contribution is 5.55. The van der Waals surface area contributed by atoms with Crippen molar-refractivity contribution in [3.8, 4) is 0 Å². The van der Waals surface area contributed by atoms with Crippen molar-refractivity contribution in [3.05, 3.63) is 23.4 Å². The summed E-state index contributed by atoms with van der Waals surface area (Å²) >= 11 is 0. The molecule has 0 amide bonds. The molecule has 5 heteroatoms. The first-order valence-electron chi connectivity index (χ1n) is 10.0. The summed E-state index contributed by atoms with van der Waals surface area (Å²) in [6.45, 7) is 2.09. The number of fused-ring (bicyclic) bond motifs is 2. The molecule has 0 radical (unpaired) electrons. The average molecular weight is 339 g/mol. The van der Waals surface area contributed by atoms with Crippen molar-refractivity contribution in [2.24, 2.45) is 17.8 Å². The molecule has 5 aliphatic rings. The van der Waals surface area contributed by atoms with Crippen LogP contribution in [0.4, 0.5) is 11.8 Å². The van der Waals surface area contributed by atoms with Crippen LogP contribution in [0.1, 0.15) is 49.3 Å². The lowest BCUT2D eigenvalue weighted by Gasteiger charge is -2.44. The summed E-state index contributed by atoms with van der Waals surface area (Å²) in [7, 11) is 2.05. The second kappa shape index (κ2) is 5.97. The predicted octanol–water partition coefficient (Wildman–Crippen LogP) is 2.49. The van der Waals surface area contributed by atoms with E-state index in [0.29, 0.717) is 23.8 Å². The van der Waals surface area contributed by atoms with Gasteiger partial charge in [0, 0.05) is 30.6 Å². The van der Waals surface area contributed by atoms with Gasteiger partial charge in [-0.3, -0.25) is 0 Å². The van der Waals surface area contributed by atoms with Crippen LogP contribution in [0.2, 0.25) is 0 Å². The van der Waals surface area contributed by atoms with E-state index in [4.69, 9.17) is 15.7 Å². The maximum absolute atomic E-state index is 6.21. The second-order valence-corrected chi connectivity index (χ2v) is 8.36. The number of likely N-dealkylation sites (N-methyl/N-ethyl adjacent to an activating group) is 1. The molecule has 6 rings (SSSR count). The first kappa shape index (κ1) is 15.6. The van der Waals surface area contributed by atoms with Crippen LogP contribution in [0.25, 0.3) is 0 Å². The van der Waals surface area contributed by atoms with Crippen LogP contribution in [-0.2, 0) is 6.42 Å². The Morgan fingerprint density at radius 1 is 1.12 bits per heavy atom. The lowest BCUT2D eigenvalue weighted by molar-refractivity contribution is 0.169. The van der Waals surface area contributed by atoms with Crippen molar-refractivity contribution >= 4 is 11.8 Å². The number of nitrogens with two attached hydrogens (primary N) is 1. The molecule has 1 aliphatic heterocycles. The summed E-state index contributed by atoms with van der Waals surface area (Å²) in [5, 5.41) is 3.41. The quantitative estimate of drug-likeness (QED) is 0.810. The number of rotatable bonds is 2. The van der Waals surface area contributed by atoms with Crippen LogP contribution in [0.5, 0.6) is 0 Å². The van der Waals surface area contributed by atoms with E-state index < -0.39 is 0 Å². The Morgan fingerprint density at radius 2 is 1.96 bits per heavy atom. The summed E-state index contributed by atoms with van der Waals surface area (Å²) in [6.07, 6.45) is 12.5. The number of anilines is 2. The number of aromatic nitrogens is 2. The maximum atomic E-state index is 6.21. The molecule has 4 aliphatic carbocycles. The highest BCUT2D eigenvalue weighted by Gasteiger charge is 2.44. The molecular weight excluding hydrogens is 310 g/mol. The zero-order valence-electron chi connectivity index (χ0n) is 15.1. The molecule has 5 atom stereocenters. The minimum Gasteiger partial charge on any atom is -0.368 e. The van der Waals surface area contributed by atoms with Gasteiger partial charge in [0.1, 0.15) is 5.82 Å². The van der Waals surface area contributed by atoms with Crippen LogP contribution in [0.3, 0.4) is 0 Å². The molecule has 3 N–H and O–H groups in total. The molecule has 2 fully saturated rings. The third-order valence-electron chi connectivity index (χ3n) is 7.12. The van der Waals surface area contributed by atoms with Crippen molar-refractivity contribution in [3.63, 3.8) is 0 Å². The SMILES string of the molecule is CN[C@@H]1CCN(c2nc(N)nc3c2CCCC2C4C=CC(CC4)C32)C1. The van der Waals surface area contributed by atoms with E-state index >= 15 is 0 Å². The molecular formula is C20H29N5. The number of nitrogens with one attached hydrogen (secondary N) is 1. The molecule has 1 saturated carbocycles. The van der Waals surface area contributed by atoms with Crippen molar-refractivity contribution in [1.82, 2.24) is 15.3 Å². The van der Waals surface area contributed by atoms with E-state index in [1.165, 1.54) is 43.4 Å². The van der Waals surface area contributed by atoms with Gasteiger partial charge in [-0.25, -0.2) is 4.98 Å². The Hall–Kier alpha value is -1.62. The van der Waals surface area contributed by atoms with Gasteiger partial charge >= 0.3 is 0 Å². The fourth-order valence-corrected chi connectivity index (χ4v) is 5.89. The van der Waals surface area contributed by atoms with Gasteiger partial charge in [0.05, 0.1) is 5.69 Å². The average Bonchev–Trinajstić information content (AvgIpc) is 3.03. The van der Waals surface area contributed by atoms with E-state index in [1.807, 2.05) is 0 Å². The summed E-state index contributed by atoms with van der Waals surface area (Å²) in [4.78, 5) is 12.0. The standard InChI is InChI=1S/C20H29N5/c1-22-14-9-10-25(11-14)19-16-4-2-3-15-12-5-7-13(8-6-12)17(15)18(16)23-20(21)24-19/h5,7,12-15,17,22H,2-4,6,8-11H2,1H3,(H2,21,23,24)/t12?,13?,14-,15?,17?/m1/s1. The summed E-state index contributed by atoms with van der Waals surface area (Å²) in [6, 6.07) is 0.555. The molecule has 1 saturated heterocycles. The van der Waals surface area contributed by atoms with Crippen LogP contribution in [-0.4, -0.2) is 36.1 Å². The number of hydrogen-bond acceptors (Lipinski definition) is 5. The van der Waals surface area contributed by atoms with Gasteiger partial charge in [-0.2, -0.15) is 4.98 Å². The lowest BCUT2D eigenvalue weighted by atomic mass is 9.60. The summed E-state index contributed by atoms with van der Waals surface area (Å²) < 4.78 is 0. The summed E-state index contributed by atoms with van der Waals surface area (Å²) in [5.41, 5.74) is 8.90.